The zero-order valence-electron chi connectivity index (χ0n) is 8.61. The van der Waals surface area contributed by atoms with Gasteiger partial charge < -0.3 is 10.4 Å². The lowest BCUT2D eigenvalue weighted by Crippen LogP contribution is -2.27. The minimum Gasteiger partial charge on any atom is -0.478 e. The Morgan fingerprint density at radius 3 is 3.00 bits per heavy atom. The quantitative estimate of drug-likeness (QED) is 0.801. The van der Waals surface area contributed by atoms with Gasteiger partial charge in [0.25, 0.3) is 0 Å². The number of hydrogen-bond acceptors (Lipinski definition) is 2. The molecule has 3 nitrogen and oxygen atoms in total. The topological polar surface area (TPSA) is 49.3 Å². The third-order valence-corrected chi connectivity index (χ3v) is 2.61. The Balaban J connectivity index is 2.28. The Morgan fingerprint density at radius 2 is 2.31 bits per heavy atom. The van der Waals surface area contributed by atoms with Gasteiger partial charge in [0.05, 0.1) is 6.04 Å². The highest BCUT2D eigenvalue weighted by atomic mass is 19.1. The second-order valence-corrected chi connectivity index (χ2v) is 3.73. The Morgan fingerprint density at radius 1 is 1.50 bits per heavy atom. The molecule has 0 saturated carbocycles. The number of carbonyl (C=O) groups is 1. The molecule has 16 heavy (non-hydrogen) atoms. The predicted octanol–water partition coefficient (Wildman–Crippen LogP) is 1.87. The maximum absolute atomic E-state index is 13.0. The summed E-state index contributed by atoms with van der Waals surface area (Å²) in [5, 5.41) is 12.0. The van der Waals surface area contributed by atoms with E-state index in [2.05, 4.69) is 5.32 Å². The molecule has 1 atom stereocenters. The van der Waals surface area contributed by atoms with E-state index in [1.807, 2.05) is 0 Å². The van der Waals surface area contributed by atoms with Crippen LogP contribution in [0.25, 0.3) is 0 Å². The highest BCUT2D eigenvalue weighted by Crippen LogP contribution is 2.21. The molecule has 1 aliphatic rings. The van der Waals surface area contributed by atoms with Crippen molar-refractivity contribution in [2.45, 2.75) is 12.5 Å². The van der Waals surface area contributed by atoms with Gasteiger partial charge in [0.15, 0.2) is 0 Å². The second kappa shape index (κ2) is 4.45. The van der Waals surface area contributed by atoms with Gasteiger partial charge in [-0.2, -0.15) is 0 Å². The molecule has 1 aromatic carbocycles. The van der Waals surface area contributed by atoms with Crippen LogP contribution in [0.4, 0.5) is 4.39 Å². The van der Waals surface area contributed by atoms with Gasteiger partial charge in [0, 0.05) is 12.1 Å². The Bertz CT molecular complexity index is 442. The van der Waals surface area contributed by atoms with Crippen LogP contribution in [0.15, 0.2) is 35.9 Å². The number of benzene rings is 1. The van der Waals surface area contributed by atoms with Crippen LogP contribution in [0, 0.1) is 5.82 Å². The summed E-state index contributed by atoms with van der Waals surface area (Å²) >= 11 is 0. The lowest BCUT2D eigenvalue weighted by Gasteiger charge is -2.21. The first-order valence-electron chi connectivity index (χ1n) is 5.09. The van der Waals surface area contributed by atoms with Crippen LogP contribution >= 0.6 is 0 Å². The molecule has 2 rings (SSSR count). The van der Waals surface area contributed by atoms with E-state index in [1.54, 1.807) is 18.2 Å². The molecule has 0 saturated heterocycles. The molecule has 1 unspecified atom stereocenters. The van der Waals surface area contributed by atoms with Crippen LogP contribution in [0.1, 0.15) is 18.0 Å². The molecule has 0 fully saturated rings. The highest BCUT2D eigenvalue weighted by Gasteiger charge is 2.18. The molecule has 0 radical (unpaired) electrons. The van der Waals surface area contributed by atoms with Crippen molar-refractivity contribution in [3.05, 3.63) is 47.3 Å². The van der Waals surface area contributed by atoms with Gasteiger partial charge in [0.1, 0.15) is 5.82 Å². The first-order chi connectivity index (χ1) is 7.66. The summed E-state index contributed by atoms with van der Waals surface area (Å²) in [4.78, 5) is 10.8. The van der Waals surface area contributed by atoms with E-state index in [4.69, 9.17) is 5.11 Å². The summed E-state index contributed by atoms with van der Waals surface area (Å²) in [6.45, 7) is 0.597. The van der Waals surface area contributed by atoms with Gasteiger partial charge in [-0.3, -0.25) is 0 Å². The number of nitrogens with one attached hydrogen (secondary N) is 1. The van der Waals surface area contributed by atoms with E-state index >= 15 is 0 Å². The summed E-state index contributed by atoms with van der Waals surface area (Å²) in [5.74, 6) is -1.21. The fourth-order valence-electron chi connectivity index (χ4n) is 1.80. The van der Waals surface area contributed by atoms with Gasteiger partial charge in [-0.1, -0.05) is 18.2 Å². The van der Waals surface area contributed by atoms with E-state index in [9.17, 15) is 9.18 Å². The lowest BCUT2D eigenvalue weighted by atomic mass is 9.98. The van der Waals surface area contributed by atoms with Crippen molar-refractivity contribution < 1.29 is 14.3 Å². The average molecular weight is 221 g/mol. The molecule has 4 heteroatoms. The van der Waals surface area contributed by atoms with Crippen LogP contribution in [0.3, 0.4) is 0 Å². The molecule has 0 bridgehead atoms. The Labute approximate surface area is 92.6 Å². The SMILES string of the molecule is O=C(O)C1=CC(c2cccc(F)c2)NCC1. The number of halogens is 1. The van der Waals surface area contributed by atoms with Crippen molar-refractivity contribution in [2.24, 2.45) is 0 Å². The fraction of sp³-hybridized carbons (Fsp3) is 0.250. The van der Waals surface area contributed by atoms with E-state index in [0.717, 1.165) is 5.56 Å². The minimum absolute atomic E-state index is 0.212. The van der Waals surface area contributed by atoms with Crippen LogP contribution in [0.2, 0.25) is 0 Å². The second-order valence-electron chi connectivity index (χ2n) is 3.73. The van der Waals surface area contributed by atoms with Crippen molar-refractivity contribution in [1.29, 1.82) is 0 Å². The summed E-state index contributed by atoms with van der Waals surface area (Å²) < 4.78 is 13.0. The number of hydrogen-bond donors (Lipinski definition) is 2. The molecule has 0 amide bonds. The predicted molar refractivity (Wildman–Crippen MR) is 57.5 cm³/mol. The fourth-order valence-corrected chi connectivity index (χ4v) is 1.80. The third kappa shape index (κ3) is 2.28. The lowest BCUT2D eigenvalue weighted by molar-refractivity contribution is -0.132. The van der Waals surface area contributed by atoms with Crippen molar-refractivity contribution in [2.75, 3.05) is 6.54 Å². The maximum Gasteiger partial charge on any atom is 0.331 e. The van der Waals surface area contributed by atoms with E-state index < -0.39 is 5.97 Å². The number of rotatable bonds is 2. The van der Waals surface area contributed by atoms with Crippen LogP contribution in [-0.4, -0.2) is 17.6 Å². The highest BCUT2D eigenvalue weighted by molar-refractivity contribution is 5.86. The zero-order valence-corrected chi connectivity index (χ0v) is 8.61. The van der Waals surface area contributed by atoms with E-state index in [0.29, 0.717) is 18.5 Å². The minimum atomic E-state index is -0.900. The van der Waals surface area contributed by atoms with E-state index in [1.165, 1.54) is 12.1 Å². The Kier molecular flexibility index (Phi) is 3.01. The maximum atomic E-state index is 13.0. The smallest absolute Gasteiger partial charge is 0.331 e. The van der Waals surface area contributed by atoms with E-state index in [-0.39, 0.29) is 11.9 Å². The van der Waals surface area contributed by atoms with Gasteiger partial charge in [-0.15, -0.1) is 0 Å². The molecule has 1 aliphatic heterocycles. The molecule has 1 heterocycles. The molecular formula is C12H12FNO2. The van der Waals surface area contributed by atoms with Crippen molar-refractivity contribution >= 4 is 5.97 Å². The third-order valence-electron chi connectivity index (χ3n) is 2.61. The van der Waals surface area contributed by atoms with Gasteiger partial charge in [0.2, 0.25) is 0 Å². The first kappa shape index (κ1) is 10.8. The van der Waals surface area contributed by atoms with Crippen molar-refractivity contribution in [1.82, 2.24) is 5.32 Å². The zero-order chi connectivity index (χ0) is 11.5. The summed E-state index contributed by atoms with van der Waals surface area (Å²) in [5.41, 5.74) is 1.13. The van der Waals surface area contributed by atoms with Gasteiger partial charge in [-0.05, 0) is 24.1 Å². The molecule has 0 aromatic heterocycles. The summed E-state index contributed by atoms with van der Waals surface area (Å²) in [6.07, 6.45) is 2.14. The number of aliphatic carboxylic acids is 1. The Hall–Kier alpha value is -1.68. The van der Waals surface area contributed by atoms with Crippen LogP contribution in [-0.2, 0) is 4.79 Å². The van der Waals surface area contributed by atoms with Gasteiger partial charge in [-0.25, -0.2) is 9.18 Å². The molecule has 0 spiro atoms. The monoisotopic (exact) mass is 221 g/mol. The standard InChI is InChI=1S/C12H12FNO2/c13-10-3-1-2-8(6-10)11-7-9(12(15)16)4-5-14-11/h1-3,6-7,11,14H,4-5H2,(H,15,16). The van der Waals surface area contributed by atoms with Crippen LogP contribution < -0.4 is 5.32 Å². The van der Waals surface area contributed by atoms with Gasteiger partial charge >= 0.3 is 5.97 Å². The summed E-state index contributed by atoms with van der Waals surface area (Å²) in [6, 6.07) is 5.97. The van der Waals surface area contributed by atoms with Crippen molar-refractivity contribution in [3.63, 3.8) is 0 Å². The van der Waals surface area contributed by atoms with Crippen LogP contribution in [0.5, 0.6) is 0 Å². The molecule has 2 N–H and O–H groups in total. The average Bonchev–Trinajstić information content (AvgIpc) is 2.29. The molecule has 1 aromatic rings. The molecular weight excluding hydrogens is 209 g/mol. The molecule has 0 aliphatic carbocycles. The molecule has 84 valence electrons. The summed E-state index contributed by atoms with van der Waals surface area (Å²) in [7, 11) is 0. The number of carboxylic acid groups (broad SMARTS) is 1. The first-order valence-corrected chi connectivity index (χ1v) is 5.09. The van der Waals surface area contributed by atoms with Crippen molar-refractivity contribution in [3.8, 4) is 0 Å². The normalized spacial score (nSPS) is 20.3. The largest absolute Gasteiger partial charge is 0.478 e. The number of carboxylic acids is 1.